The molecule has 0 saturated carbocycles. The van der Waals surface area contributed by atoms with Gasteiger partial charge in [-0.25, -0.2) is 0 Å². The van der Waals surface area contributed by atoms with Crippen molar-refractivity contribution in [2.45, 2.75) is 6.42 Å². The molecule has 1 aromatic heterocycles. The van der Waals surface area contributed by atoms with Crippen LogP contribution in [0.15, 0.2) is 24.3 Å². The zero-order chi connectivity index (χ0) is 14.3. The van der Waals surface area contributed by atoms with Crippen LogP contribution >= 0.6 is 0 Å². The molecule has 1 fully saturated rings. The van der Waals surface area contributed by atoms with E-state index in [1.807, 2.05) is 31.3 Å². The number of rotatable bonds is 3. The van der Waals surface area contributed by atoms with Crippen molar-refractivity contribution >= 4 is 22.7 Å². The Hall–Kier alpha value is -2.37. The maximum absolute atomic E-state index is 12.1. The van der Waals surface area contributed by atoms with E-state index in [2.05, 4.69) is 5.10 Å². The monoisotopic (exact) mass is 272 g/mol. The number of hydrogen-bond donors (Lipinski definition) is 1. The van der Waals surface area contributed by atoms with Crippen molar-refractivity contribution in [3.8, 4) is 0 Å². The molecule has 0 aliphatic carbocycles. The first-order chi connectivity index (χ1) is 9.56. The van der Waals surface area contributed by atoms with Gasteiger partial charge in [0.05, 0.1) is 23.5 Å². The van der Waals surface area contributed by atoms with Gasteiger partial charge in [-0.2, -0.15) is 5.10 Å². The van der Waals surface area contributed by atoms with Gasteiger partial charge < -0.3 is 10.6 Å². The zero-order valence-electron chi connectivity index (χ0n) is 11.2. The molecule has 2 N–H and O–H groups in total. The topological polar surface area (TPSA) is 81.2 Å². The number of amides is 2. The van der Waals surface area contributed by atoms with E-state index >= 15 is 0 Å². The van der Waals surface area contributed by atoms with Crippen molar-refractivity contribution in [3.05, 3.63) is 30.0 Å². The molecule has 1 saturated heterocycles. The first-order valence-electron chi connectivity index (χ1n) is 6.54. The van der Waals surface area contributed by atoms with E-state index in [4.69, 9.17) is 5.73 Å². The van der Waals surface area contributed by atoms with E-state index in [-0.39, 0.29) is 24.2 Å². The van der Waals surface area contributed by atoms with Crippen molar-refractivity contribution in [1.29, 1.82) is 0 Å². The number of primary amides is 1. The quantitative estimate of drug-likeness (QED) is 0.857. The fourth-order valence-electron chi connectivity index (χ4n) is 2.54. The van der Waals surface area contributed by atoms with Crippen LogP contribution in [-0.4, -0.2) is 39.6 Å². The molecule has 104 valence electrons. The number of benzene rings is 1. The minimum Gasteiger partial charge on any atom is -0.369 e. The molecule has 0 radical (unpaired) electrons. The van der Waals surface area contributed by atoms with Gasteiger partial charge in [-0.1, -0.05) is 18.2 Å². The zero-order valence-corrected chi connectivity index (χ0v) is 11.2. The number of nitrogens with two attached hydrogens (primary N) is 1. The Bertz CT molecular complexity index is 686. The first kappa shape index (κ1) is 12.7. The Morgan fingerprint density at radius 2 is 2.05 bits per heavy atom. The van der Waals surface area contributed by atoms with E-state index in [1.165, 1.54) is 0 Å². The van der Waals surface area contributed by atoms with Gasteiger partial charge in [0.25, 0.3) is 0 Å². The van der Waals surface area contributed by atoms with E-state index in [0.717, 1.165) is 16.6 Å². The highest BCUT2D eigenvalue weighted by Crippen LogP contribution is 2.21. The second kappa shape index (κ2) is 4.63. The third-order valence-corrected chi connectivity index (χ3v) is 3.79. The standard InChI is InChI=1S/C14H16N4O2/c1-17-12-5-3-2-4-10(12)11(16-17)6-13(19)18-7-9(8-18)14(15)20/h2-5,9H,6-8H2,1H3,(H2,15,20). The summed E-state index contributed by atoms with van der Waals surface area (Å²) in [6.45, 7) is 0.859. The smallest absolute Gasteiger partial charge is 0.228 e. The van der Waals surface area contributed by atoms with E-state index in [0.29, 0.717) is 13.1 Å². The number of nitrogens with zero attached hydrogens (tertiary/aromatic N) is 3. The Morgan fingerprint density at radius 1 is 1.35 bits per heavy atom. The molecule has 2 aromatic rings. The summed E-state index contributed by atoms with van der Waals surface area (Å²) in [5.74, 6) is -0.539. The average molecular weight is 272 g/mol. The molecule has 0 spiro atoms. The number of fused-ring (bicyclic) bond motifs is 1. The van der Waals surface area contributed by atoms with Gasteiger partial charge in [0.2, 0.25) is 11.8 Å². The van der Waals surface area contributed by atoms with Gasteiger partial charge in [-0.15, -0.1) is 0 Å². The summed E-state index contributed by atoms with van der Waals surface area (Å²) in [5, 5.41) is 5.40. The summed E-state index contributed by atoms with van der Waals surface area (Å²) in [6.07, 6.45) is 0.257. The number of carbonyl (C=O) groups excluding carboxylic acids is 2. The van der Waals surface area contributed by atoms with Gasteiger partial charge in [0.15, 0.2) is 0 Å². The third kappa shape index (κ3) is 2.03. The van der Waals surface area contributed by atoms with Crippen LogP contribution in [0.4, 0.5) is 0 Å². The Morgan fingerprint density at radius 3 is 2.75 bits per heavy atom. The fraction of sp³-hybridized carbons (Fsp3) is 0.357. The molecule has 1 aliphatic heterocycles. The lowest BCUT2D eigenvalue weighted by molar-refractivity contribution is -0.141. The molecule has 0 unspecified atom stereocenters. The molecule has 3 rings (SSSR count). The van der Waals surface area contributed by atoms with Crippen molar-refractivity contribution in [2.75, 3.05) is 13.1 Å². The summed E-state index contributed by atoms with van der Waals surface area (Å²) in [5.41, 5.74) is 6.98. The van der Waals surface area contributed by atoms with Crippen molar-refractivity contribution < 1.29 is 9.59 Å². The lowest BCUT2D eigenvalue weighted by Crippen LogP contribution is -2.55. The van der Waals surface area contributed by atoms with E-state index < -0.39 is 0 Å². The van der Waals surface area contributed by atoms with Gasteiger partial charge in [-0.05, 0) is 6.07 Å². The van der Waals surface area contributed by atoms with Crippen LogP contribution in [0.5, 0.6) is 0 Å². The highest BCUT2D eigenvalue weighted by Gasteiger charge is 2.34. The van der Waals surface area contributed by atoms with Gasteiger partial charge in [0, 0.05) is 25.5 Å². The SMILES string of the molecule is Cn1nc(CC(=O)N2CC(C(N)=O)C2)c2ccccc21. The van der Waals surface area contributed by atoms with Crippen LogP contribution in [0.1, 0.15) is 5.69 Å². The lowest BCUT2D eigenvalue weighted by Gasteiger charge is -2.37. The maximum atomic E-state index is 12.1. The Balaban J connectivity index is 1.74. The van der Waals surface area contributed by atoms with Crippen molar-refractivity contribution in [1.82, 2.24) is 14.7 Å². The third-order valence-electron chi connectivity index (χ3n) is 3.79. The maximum Gasteiger partial charge on any atom is 0.228 e. The fourth-order valence-corrected chi connectivity index (χ4v) is 2.54. The number of carbonyl (C=O) groups is 2. The van der Waals surface area contributed by atoms with Crippen LogP contribution in [0.3, 0.4) is 0 Å². The van der Waals surface area contributed by atoms with Crippen molar-refractivity contribution in [2.24, 2.45) is 18.7 Å². The summed E-state index contributed by atoms with van der Waals surface area (Å²) >= 11 is 0. The van der Waals surface area contributed by atoms with Crippen LogP contribution in [0, 0.1) is 5.92 Å². The molecule has 6 nitrogen and oxygen atoms in total. The normalized spacial score (nSPS) is 15.3. The lowest BCUT2D eigenvalue weighted by atomic mass is 9.99. The van der Waals surface area contributed by atoms with Gasteiger partial charge in [-0.3, -0.25) is 14.3 Å². The summed E-state index contributed by atoms with van der Waals surface area (Å²) in [6, 6.07) is 7.82. The Kier molecular flexibility index (Phi) is 2.93. The summed E-state index contributed by atoms with van der Waals surface area (Å²) < 4.78 is 1.78. The van der Waals surface area contributed by atoms with E-state index in [9.17, 15) is 9.59 Å². The van der Waals surface area contributed by atoms with Crippen LogP contribution in [-0.2, 0) is 23.1 Å². The summed E-state index contributed by atoms with van der Waals surface area (Å²) in [7, 11) is 1.86. The molecular weight excluding hydrogens is 256 g/mol. The highest BCUT2D eigenvalue weighted by atomic mass is 16.2. The van der Waals surface area contributed by atoms with Gasteiger partial charge >= 0.3 is 0 Å². The molecule has 6 heteroatoms. The second-order valence-corrected chi connectivity index (χ2v) is 5.16. The number of likely N-dealkylation sites (tertiary alicyclic amines) is 1. The predicted molar refractivity (Wildman–Crippen MR) is 73.7 cm³/mol. The first-order valence-corrected chi connectivity index (χ1v) is 6.54. The van der Waals surface area contributed by atoms with Gasteiger partial charge in [0.1, 0.15) is 0 Å². The second-order valence-electron chi connectivity index (χ2n) is 5.16. The number of hydrogen-bond acceptors (Lipinski definition) is 3. The number of aryl methyl sites for hydroxylation is 1. The van der Waals surface area contributed by atoms with Crippen molar-refractivity contribution in [3.63, 3.8) is 0 Å². The molecule has 0 bridgehead atoms. The largest absolute Gasteiger partial charge is 0.369 e. The predicted octanol–water partition coefficient (Wildman–Crippen LogP) is 0.0595. The number of aromatic nitrogens is 2. The summed E-state index contributed by atoms with van der Waals surface area (Å²) in [4.78, 5) is 24.7. The molecule has 0 atom stereocenters. The average Bonchev–Trinajstić information content (AvgIpc) is 2.65. The minimum absolute atomic E-state index is 0.00801. The molecule has 1 aromatic carbocycles. The number of para-hydroxylation sites is 1. The molecule has 2 amide bonds. The highest BCUT2D eigenvalue weighted by molar-refractivity contribution is 5.89. The Labute approximate surface area is 116 Å². The van der Waals surface area contributed by atoms with Crippen LogP contribution < -0.4 is 5.73 Å². The van der Waals surface area contributed by atoms with Crippen LogP contribution in [0.2, 0.25) is 0 Å². The van der Waals surface area contributed by atoms with E-state index in [1.54, 1.807) is 9.58 Å². The molecular formula is C14H16N4O2. The molecule has 20 heavy (non-hydrogen) atoms. The van der Waals surface area contributed by atoms with Crippen LogP contribution in [0.25, 0.3) is 10.9 Å². The molecule has 1 aliphatic rings. The minimum atomic E-state index is -0.336. The molecule has 2 heterocycles.